The van der Waals surface area contributed by atoms with Gasteiger partial charge in [0.1, 0.15) is 5.75 Å². The summed E-state index contributed by atoms with van der Waals surface area (Å²) >= 11 is 3.49. The monoisotopic (exact) mass is 271 g/mol. The highest BCUT2D eigenvalue weighted by Gasteiger charge is 2.06. The number of nitrogens with two attached hydrogens (primary N) is 1. The fourth-order valence-corrected chi connectivity index (χ4v) is 1.95. The normalized spacial score (nSPS) is 12.9. The molecule has 2 N–H and O–H groups in total. The predicted molar refractivity (Wildman–Crippen MR) is 67.1 cm³/mol. The topological polar surface area (TPSA) is 35.2 Å². The predicted octanol–water partition coefficient (Wildman–Crippen LogP) is 3.50. The molecule has 0 unspecified atom stereocenters. The molecule has 2 nitrogen and oxygen atoms in total. The molecule has 1 aromatic rings. The van der Waals surface area contributed by atoms with Crippen molar-refractivity contribution in [3.63, 3.8) is 0 Å². The first kappa shape index (κ1) is 12.5. The molecule has 0 spiro atoms. The molecule has 0 aliphatic heterocycles. The first-order valence-corrected chi connectivity index (χ1v) is 5.98. The molecule has 15 heavy (non-hydrogen) atoms. The second-order valence-corrected chi connectivity index (χ2v) is 5.03. The highest BCUT2D eigenvalue weighted by molar-refractivity contribution is 9.10. The van der Waals surface area contributed by atoms with Crippen LogP contribution in [0, 0.1) is 5.92 Å². The highest BCUT2D eigenvalue weighted by atomic mass is 79.9. The number of ether oxygens (including phenoxy) is 1. The van der Waals surface area contributed by atoms with E-state index in [1.165, 1.54) is 0 Å². The quantitative estimate of drug-likeness (QED) is 0.910. The summed E-state index contributed by atoms with van der Waals surface area (Å²) in [6, 6.07) is 5.98. The zero-order chi connectivity index (χ0) is 11.4. The molecule has 0 aliphatic carbocycles. The van der Waals surface area contributed by atoms with E-state index < -0.39 is 0 Å². The standard InChI is InChI=1S/C12H18BrNO/c1-8(2)7-15-10-4-5-11(9(3)14)12(13)6-10/h4-6,8-9H,7,14H2,1-3H3/t9-/m0/s1. The van der Waals surface area contributed by atoms with E-state index in [4.69, 9.17) is 10.5 Å². The molecule has 1 rings (SSSR count). The lowest BCUT2D eigenvalue weighted by molar-refractivity contribution is 0.271. The van der Waals surface area contributed by atoms with Crippen LogP contribution in [0.15, 0.2) is 22.7 Å². The van der Waals surface area contributed by atoms with Gasteiger partial charge in [0.25, 0.3) is 0 Å². The Hall–Kier alpha value is -0.540. The Bertz CT molecular complexity index is 323. The van der Waals surface area contributed by atoms with Gasteiger partial charge in [-0.15, -0.1) is 0 Å². The largest absolute Gasteiger partial charge is 0.493 e. The minimum Gasteiger partial charge on any atom is -0.493 e. The molecule has 0 bridgehead atoms. The van der Waals surface area contributed by atoms with E-state index in [2.05, 4.69) is 29.8 Å². The maximum Gasteiger partial charge on any atom is 0.120 e. The lowest BCUT2D eigenvalue weighted by Crippen LogP contribution is -2.07. The number of benzene rings is 1. The molecule has 1 aromatic carbocycles. The third-order valence-corrected chi connectivity index (χ3v) is 2.73. The lowest BCUT2D eigenvalue weighted by Gasteiger charge is -2.12. The molecule has 1 atom stereocenters. The van der Waals surface area contributed by atoms with Crippen LogP contribution in [0.3, 0.4) is 0 Å². The van der Waals surface area contributed by atoms with Crippen molar-refractivity contribution in [3.8, 4) is 5.75 Å². The molecule has 0 saturated carbocycles. The van der Waals surface area contributed by atoms with Crippen LogP contribution < -0.4 is 10.5 Å². The van der Waals surface area contributed by atoms with Gasteiger partial charge in [0, 0.05) is 10.5 Å². The van der Waals surface area contributed by atoms with E-state index in [1.807, 2.05) is 25.1 Å². The van der Waals surface area contributed by atoms with E-state index in [0.717, 1.165) is 22.4 Å². The molecule has 0 radical (unpaired) electrons. The zero-order valence-corrected chi connectivity index (χ0v) is 11.0. The van der Waals surface area contributed by atoms with Gasteiger partial charge in [-0.3, -0.25) is 0 Å². The van der Waals surface area contributed by atoms with Gasteiger partial charge in [0.05, 0.1) is 6.61 Å². The van der Waals surface area contributed by atoms with Crippen LogP contribution in [-0.4, -0.2) is 6.61 Å². The van der Waals surface area contributed by atoms with E-state index in [9.17, 15) is 0 Å². The maximum atomic E-state index is 5.82. The van der Waals surface area contributed by atoms with Crippen LogP contribution in [-0.2, 0) is 0 Å². The van der Waals surface area contributed by atoms with Gasteiger partial charge in [-0.2, -0.15) is 0 Å². The van der Waals surface area contributed by atoms with Crippen molar-refractivity contribution in [3.05, 3.63) is 28.2 Å². The minimum absolute atomic E-state index is 0.0403. The second kappa shape index (κ2) is 5.52. The van der Waals surface area contributed by atoms with Crippen molar-refractivity contribution >= 4 is 15.9 Å². The second-order valence-electron chi connectivity index (χ2n) is 4.18. The van der Waals surface area contributed by atoms with Gasteiger partial charge < -0.3 is 10.5 Å². The lowest BCUT2D eigenvalue weighted by atomic mass is 10.1. The van der Waals surface area contributed by atoms with Gasteiger partial charge in [-0.25, -0.2) is 0 Å². The molecular formula is C12H18BrNO. The van der Waals surface area contributed by atoms with Crippen molar-refractivity contribution in [1.82, 2.24) is 0 Å². The van der Waals surface area contributed by atoms with Crippen LogP contribution in [0.5, 0.6) is 5.75 Å². The van der Waals surface area contributed by atoms with Crippen LogP contribution in [0.1, 0.15) is 32.4 Å². The Morgan fingerprint density at radius 3 is 2.47 bits per heavy atom. The SMILES string of the molecule is CC(C)COc1ccc([C@H](C)N)c(Br)c1. The number of rotatable bonds is 4. The Morgan fingerprint density at radius 1 is 1.33 bits per heavy atom. The summed E-state index contributed by atoms with van der Waals surface area (Å²) in [5.74, 6) is 1.43. The summed E-state index contributed by atoms with van der Waals surface area (Å²) in [6.07, 6.45) is 0. The number of hydrogen-bond donors (Lipinski definition) is 1. The number of halogens is 1. The third-order valence-electron chi connectivity index (χ3n) is 2.05. The van der Waals surface area contributed by atoms with Gasteiger partial charge in [0.2, 0.25) is 0 Å². The van der Waals surface area contributed by atoms with E-state index in [1.54, 1.807) is 0 Å². The highest BCUT2D eigenvalue weighted by Crippen LogP contribution is 2.26. The number of hydrogen-bond acceptors (Lipinski definition) is 2. The van der Waals surface area contributed by atoms with Gasteiger partial charge >= 0.3 is 0 Å². The van der Waals surface area contributed by atoms with Gasteiger partial charge in [-0.05, 0) is 30.5 Å². The Morgan fingerprint density at radius 2 is 2.00 bits per heavy atom. The van der Waals surface area contributed by atoms with Crippen LogP contribution in [0.25, 0.3) is 0 Å². The van der Waals surface area contributed by atoms with Gasteiger partial charge in [-0.1, -0.05) is 35.8 Å². The molecular weight excluding hydrogens is 254 g/mol. The molecule has 0 heterocycles. The van der Waals surface area contributed by atoms with Crippen molar-refractivity contribution in [2.45, 2.75) is 26.8 Å². The molecule has 0 aliphatic rings. The summed E-state index contributed by atoms with van der Waals surface area (Å²) in [5, 5.41) is 0. The first-order valence-electron chi connectivity index (χ1n) is 5.18. The molecule has 0 aromatic heterocycles. The Balaban J connectivity index is 2.73. The van der Waals surface area contributed by atoms with Crippen LogP contribution >= 0.6 is 15.9 Å². The van der Waals surface area contributed by atoms with Crippen molar-refractivity contribution in [2.75, 3.05) is 6.61 Å². The van der Waals surface area contributed by atoms with Crippen LogP contribution in [0.4, 0.5) is 0 Å². The van der Waals surface area contributed by atoms with Gasteiger partial charge in [0.15, 0.2) is 0 Å². The average molecular weight is 272 g/mol. The van der Waals surface area contributed by atoms with E-state index in [0.29, 0.717) is 5.92 Å². The van der Waals surface area contributed by atoms with Crippen LogP contribution in [0.2, 0.25) is 0 Å². The van der Waals surface area contributed by atoms with E-state index >= 15 is 0 Å². The molecule has 84 valence electrons. The average Bonchev–Trinajstić information content (AvgIpc) is 2.14. The summed E-state index contributed by atoms with van der Waals surface area (Å²) in [7, 11) is 0. The first-order chi connectivity index (χ1) is 7.00. The summed E-state index contributed by atoms with van der Waals surface area (Å²) in [6.45, 7) is 6.97. The van der Waals surface area contributed by atoms with E-state index in [-0.39, 0.29) is 6.04 Å². The molecule has 0 saturated heterocycles. The molecule has 0 fully saturated rings. The Kier molecular flexibility index (Phi) is 4.61. The fourth-order valence-electron chi connectivity index (χ4n) is 1.23. The van der Waals surface area contributed by atoms with Crippen molar-refractivity contribution in [1.29, 1.82) is 0 Å². The minimum atomic E-state index is 0.0403. The van der Waals surface area contributed by atoms with Crippen molar-refractivity contribution in [2.24, 2.45) is 11.7 Å². The molecule has 0 amide bonds. The fraction of sp³-hybridized carbons (Fsp3) is 0.500. The molecule has 3 heteroatoms. The Labute approximate surface area is 99.9 Å². The zero-order valence-electron chi connectivity index (χ0n) is 9.46. The third kappa shape index (κ3) is 3.84. The maximum absolute atomic E-state index is 5.82. The summed E-state index contributed by atoms with van der Waals surface area (Å²) in [4.78, 5) is 0. The van der Waals surface area contributed by atoms with Crippen molar-refractivity contribution < 1.29 is 4.74 Å². The summed E-state index contributed by atoms with van der Waals surface area (Å²) < 4.78 is 6.62. The summed E-state index contributed by atoms with van der Waals surface area (Å²) in [5.41, 5.74) is 6.92. The smallest absolute Gasteiger partial charge is 0.120 e.